The first-order valence-electron chi connectivity index (χ1n) is 6.01. The summed E-state index contributed by atoms with van der Waals surface area (Å²) < 4.78 is 0.777. The number of benzene rings is 2. The fraction of sp³-hybridized carbons (Fsp3) is 0.133. The Bertz CT molecular complexity index is 686. The summed E-state index contributed by atoms with van der Waals surface area (Å²) >= 11 is 9.49. The Kier molecular flexibility index (Phi) is 4.35. The zero-order valence-corrected chi connectivity index (χ0v) is 13.5. The molecule has 0 fully saturated rings. The first-order valence-corrected chi connectivity index (χ1v) is 7.18. The molecule has 20 heavy (non-hydrogen) atoms. The number of hydrogen-bond donors (Lipinski definition) is 2. The van der Waals surface area contributed by atoms with Crippen LogP contribution in [0.2, 0.25) is 5.02 Å². The number of hydrogen-bond acceptors (Lipinski definition) is 2. The van der Waals surface area contributed by atoms with E-state index < -0.39 is 0 Å². The fourth-order valence-electron chi connectivity index (χ4n) is 1.80. The molecule has 0 aliphatic heterocycles. The van der Waals surface area contributed by atoms with E-state index in [1.165, 1.54) is 0 Å². The molecule has 0 unspecified atom stereocenters. The second-order valence-corrected chi connectivity index (χ2v) is 5.89. The third kappa shape index (κ3) is 3.14. The molecule has 0 aliphatic rings. The van der Waals surface area contributed by atoms with Gasteiger partial charge in [0.2, 0.25) is 0 Å². The summed E-state index contributed by atoms with van der Waals surface area (Å²) in [5, 5.41) is 3.41. The third-order valence-corrected chi connectivity index (χ3v) is 4.01. The maximum absolute atomic E-state index is 12.3. The first-order chi connectivity index (χ1) is 9.38. The Labute approximate surface area is 131 Å². The van der Waals surface area contributed by atoms with E-state index >= 15 is 0 Å². The van der Waals surface area contributed by atoms with Gasteiger partial charge in [0.1, 0.15) is 0 Å². The number of nitrogens with two attached hydrogens (primary N) is 1. The molecular weight excluding hydrogens is 340 g/mol. The number of carbonyl (C=O) groups excluding carboxylic acids is 1. The number of nitrogen functional groups attached to an aromatic ring is 1. The summed E-state index contributed by atoms with van der Waals surface area (Å²) in [5.74, 6) is -0.258. The van der Waals surface area contributed by atoms with Gasteiger partial charge in [-0.25, -0.2) is 0 Å². The molecule has 0 spiro atoms. The van der Waals surface area contributed by atoms with Gasteiger partial charge in [0, 0.05) is 15.2 Å². The molecule has 3 N–H and O–H groups in total. The molecule has 0 aliphatic carbocycles. The maximum atomic E-state index is 12.3. The SMILES string of the molecule is Cc1ccc(N)c(C(=O)Nc2cc(Cl)c(C)cc2Br)c1. The predicted molar refractivity (Wildman–Crippen MR) is 87.4 cm³/mol. The molecule has 5 heteroatoms. The van der Waals surface area contributed by atoms with Crippen molar-refractivity contribution in [1.29, 1.82) is 0 Å². The highest BCUT2D eigenvalue weighted by Crippen LogP contribution is 2.29. The lowest BCUT2D eigenvalue weighted by Crippen LogP contribution is -2.14. The van der Waals surface area contributed by atoms with Gasteiger partial charge in [-0.15, -0.1) is 0 Å². The van der Waals surface area contributed by atoms with Crippen molar-refractivity contribution in [1.82, 2.24) is 0 Å². The van der Waals surface area contributed by atoms with Crippen LogP contribution in [-0.4, -0.2) is 5.91 Å². The van der Waals surface area contributed by atoms with Crippen LogP contribution in [-0.2, 0) is 0 Å². The van der Waals surface area contributed by atoms with Crippen LogP contribution in [0.5, 0.6) is 0 Å². The van der Waals surface area contributed by atoms with Crippen molar-refractivity contribution in [2.24, 2.45) is 0 Å². The van der Waals surface area contributed by atoms with Crippen LogP contribution in [0.4, 0.5) is 11.4 Å². The Hall–Kier alpha value is -1.52. The van der Waals surface area contributed by atoms with Gasteiger partial charge >= 0.3 is 0 Å². The minimum Gasteiger partial charge on any atom is -0.398 e. The lowest BCUT2D eigenvalue weighted by Gasteiger charge is -2.11. The van der Waals surface area contributed by atoms with Crippen LogP contribution in [0, 0.1) is 13.8 Å². The lowest BCUT2D eigenvalue weighted by molar-refractivity contribution is 0.102. The van der Waals surface area contributed by atoms with Crippen LogP contribution in [0.15, 0.2) is 34.8 Å². The van der Waals surface area contributed by atoms with E-state index in [4.69, 9.17) is 17.3 Å². The Morgan fingerprint density at radius 1 is 1.25 bits per heavy atom. The van der Waals surface area contributed by atoms with E-state index in [9.17, 15) is 4.79 Å². The number of halogens is 2. The molecule has 0 saturated heterocycles. The summed E-state index contributed by atoms with van der Waals surface area (Å²) in [6.45, 7) is 3.81. The van der Waals surface area contributed by atoms with Gasteiger partial charge in [0.15, 0.2) is 0 Å². The van der Waals surface area contributed by atoms with Gasteiger partial charge in [-0.2, -0.15) is 0 Å². The van der Waals surface area contributed by atoms with Gasteiger partial charge in [-0.1, -0.05) is 23.2 Å². The largest absolute Gasteiger partial charge is 0.398 e. The van der Waals surface area contributed by atoms with E-state index in [-0.39, 0.29) is 5.91 Å². The second kappa shape index (κ2) is 5.85. The second-order valence-electron chi connectivity index (χ2n) is 4.63. The van der Waals surface area contributed by atoms with Crippen LogP contribution < -0.4 is 11.1 Å². The summed E-state index contributed by atoms with van der Waals surface area (Å²) in [6, 6.07) is 8.92. The van der Waals surface area contributed by atoms with E-state index in [1.807, 2.05) is 26.0 Å². The van der Waals surface area contributed by atoms with Crippen LogP contribution in [0.1, 0.15) is 21.5 Å². The van der Waals surface area contributed by atoms with Crippen molar-refractivity contribution in [3.05, 3.63) is 56.5 Å². The van der Waals surface area contributed by atoms with E-state index in [1.54, 1.807) is 18.2 Å². The monoisotopic (exact) mass is 352 g/mol. The summed E-state index contributed by atoms with van der Waals surface area (Å²) in [6.07, 6.45) is 0. The van der Waals surface area contributed by atoms with Gasteiger partial charge in [0.05, 0.1) is 11.3 Å². The predicted octanol–water partition coefficient (Wildman–Crippen LogP) is 4.55. The van der Waals surface area contributed by atoms with Crippen molar-refractivity contribution in [3.63, 3.8) is 0 Å². The van der Waals surface area contributed by atoms with Gasteiger partial charge in [-0.05, 0) is 59.6 Å². The van der Waals surface area contributed by atoms with Crippen molar-refractivity contribution in [2.75, 3.05) is 11.1 Å². The average Bonchev–Trinajstić information content (AvgIpc) is 2.38. The Morgan fingerprint density at radius 3 is 2.65 bits per heavy atom. The number of carbonyl (C=O) groups is 1. The minimum atomic E-state index is -0.258. The summed E-state index contributed by atoms with van der Waals surface area (Å²) in [4.78, 5) is 12.3. The minimum absolute atomic E-state index is 0.258. The van der Waals surface area contributed by atoms with Crippen LogP contribution >= 0.6 is 27.5 Å². The summed E-state index contributed by atoms with van der Waals surface area (Å²) in [7, 11) is 0. The Balaban J connectivity index is 2.32. The molecule has 1 amide bonds. The molecular formula is C15H14BrClN2O. The van der Waals surface area contributed by atoms with Gasteiger partial charge in [-0.3, -0.25) is 4.79 Å². The van der Waals surface area contributed by atoms with E-state index in [0.29, 0.717) is 22.0 Å². The molecule has 0 bridgehead atoms. The van der Waals surface area contributed by atoms with Crippen molar-refractivity contribution in [2.45, 2.75) is 13.8 Å². The number of aryl methyl sites for hydroxylation is 2. The molecule has 0 radical (unpaired) electrons. The standard InChI is InChI=1S/C15H14BrClN2O/c1-8-3-4-13(18)10(5-8)15(20)19-14-7-12(17)9(2)6-11(14)16/h3-7H,18H2,1-2H3,(H,19,20). The van der Waals surface area contributed by atoms with E-state index in [2.05, 4.69) is 21.2 Å². The van der Waals surface area contributed by atoms with Crippen LogP contribution in [0.25, 0.3) is 0 Å². The molecule has 0 saturated carbocycles. The Morgan fingerprint density at radius 2 is 1.95 bits per heavy atom. The molecule has 104 valence electrons. The number of anilines is 2. The topological polar surface area (TPSA) is 55.1 Å². The van der Waals surface area contributed by atoms with Crippen molar-refractivity contribution in [3.8, 4) is 0 Å². The zero-order chi connectivity index (χ0) is 14.9. The van der Waals surface area contributed by atoms with Gasteiger partial charge in [0.25, 0.3) is 5.91 Å². The first kappa shape index (κ1) is 14.9. The van der Waals surface area contributed by atoms with Gasteiger partial charge < -0.3 is 11.1 Å². The average molecular weight is 354 g/mol. The number of nitrogens with one attached hydrogen (secondary N) is 1. The molecule has 2 rings (SSSR count). The number of amides is 1. The zero-order valence-electron chi connectivity index (χ0n) is 11.1. The highest BCUT2D eigenvalue weighted by atomic mass is 79.9. The highest BCUT2D eigenvalue weighted by molar-refractivity contribution is 9.10. The lowest BCUT2D eigenvalue weighted by atomic mass is 10.1. The third-order valence-electron chi connectivity index (χ3n) is 2.95. The fourth-order valence-corrected chi connectivity index (χ4v) is 2.52. The quantitative estimate of drug-likeness (QED) is 0.778. The smallest absolute Gasteiger partial charge is 0.257 e. The van der Waals surface area contributed by atoms with Crippen molar-refractivity contribution >= 4 is 44.8 Å². The molecule has 0 heterocycles. The molecule has 0 atom stereocenters. The molecule has 3 nitrogen and oxygen atoms in total. The molecule has 2 aromatic rings. The summed E-state index contributed by atoms with van der Waals surface area (Å²) in [5.41, 5.74) is 9.27. The maximum Gasteiger partial charge on any atom is 0.257 e. The van der Waals surface area contributed by atoms with E-state index in [0.717, 1.165) is 15.6 Å². The normalized spacial score (nSPS) is 10.4. The highest BCUT2D eigenvalue weighted by Gasteiger charge is 2.13. The molecule has 0 aromatic heterocycles. The molecule has 2 aromatic carbocycles. The van der Waals surface area contributed by atoms with Crippen LogP contribution in [0.3, 0.4) is 0 Å². The number of rotatable bonds is 2. The van der Waals surface area contributed by atoms with Crippen molar-refractivity contribution < 1.29 is 4.79 Å².